The standard InChI is InChI=1S/C14H15BrN4O/c1-9(2)12-7-13(20)18-14(17-12)19-16-8-10-4-3-5-11(15)6-10/h3-9H,1-2H3,(H2,17,18,19,20)/b16-8-. The van der Waals surface area contributed by atoms with Crippen LogP contribution in [0.3, 0.4) is 0 Å². The van der Waals surface area contributed by atoms with Crippen molar-refractivity contribution in [1.29, 1.82) is 0 Å². The van der Waals surface area contributed by atoms with Crippen molar-refractivity contribution in [3.8, 4) is 0 Å². The lowest BCUT2D eigenvalue weighted by Crippen LogP contribution is -2.12. The molecule has 0 atom stereocenters. The highest BCUT2D eigenvalue weighted by Crippen LogP contribution is 2.11. The van der Waals surface area contributed by atoms with Gasteiger partial charge in [-0.1, -0.05) is 41.9 Å². The fourth-order valence-electron chi connectivity index (χ4n) is 1.58. The van der Waals surface area contributed by atoms with E-state index in [9.17, 15) is 4.79 Å². The van der Waals surface area contributed by atoms with E-state index in [1.54, 1.807) is 6.21 Å². The van der Waals surface area contributed by atoms with Crippen molar-refractivity contribution < 1.29 is 0 Å². The average molecular weight is 335 g/mol. The first-order valence-corrected chi connectivity index (χ1v) is 7.00. The van der Waals surface area contributed by atoms with Gasteiger partial charge in [-0.3, -0.25) is 9.78 Å². The Labute approximate surface area is 125 Å². The third kappa shape index (κ3) is 4.03. The highest BCUT2D eigenvalue weighted by Gasteiger charge is 2.04. The minimum Gasteiger partial charge on any atom is -0.291 e. The molecule has 0 unspecified atom stereocenters. The van der Waals surface area contributed by atoms with E-state index in [1.165, 1.54) is 6.07 Å². The molecular weight excluding hydrogens is 320 g/mol. The van der Waals surface area contributed by atoms with Gasteiger partial charge in [-0.05, 0) is 23.6 Å². The number of hydrogen-bond donors (Lipinski definition) is 2. The SMILES string of the molecule is CC(C)c1cc(=O)[nH]c(N/N=C\c2cccc(Br)c2)n1. The van der Waals surface area contributed by atoms with Crippen LogP contribution in [0.5, 0.6) is 0 Å². The zero-order valence-corrected chi connectivity index (χ0v) is 12.8. The molecule has 6 heteroatoms. The van der Waals surface area contributed by atoms with Gasteiger partial charge in [-0.15, -0.1) is 0 Å². The first-order valence-electron chi connectivity index (χ1n) is 6.20. The summed E-state index contributed by atoms with van der Waals surface area (Å²) in [5.74, 6) is 0.527. The molecule has 0 aliphatic heterocycles. The van der Waals surface area contributed by atoms with Crippen LogP contribution in [0.1, 0.15) is 31.0 Å². The molecule has 5 nitrogen and oxygen atoms in total. The number of hydrogen-bond acceptors (Lipinski definition) is 4. The minimum atomic E-state index is -0.191. The van der Waals surface area contributed by atoms with Gasteiger partial charge in [0.05, 0.1) is 11.9 Å². The Morgan fingerprint density at radius 1 is 1.40 bits per heavy atom. The largest absolute Gasteiger partial charge is 0.291 e. The number of nitrogens with zero attached hydrogens (tertiary/aromatic N) is 2. The molecule has 0 radical (unpaired) electrons. The number of rotatable bonds is 4. The molecule has 0 aliphatic rings. The molecule has 0 bridgehead atoms. The lowest BCUT2D eigenvalue weighted by molar-refractivity contribution is 0.810. The third-order valence-electron chi connectivity index (χ3n) is 2.59. The van der Waals surface area contributed by atoms with Crippen molar-refractivity contribution in [2.45, 2.75) is 19.8 Å². The van der Waals surface area contributed by atoms with Gasteiger partial charge in [0.1, 0.15) is 0 Å². The smallest absolute Gasteiger partial charge is 0.252 e. The Morgan fingerprint density at radius 3 is 2.90 bits per heavy atom. The van der Waals surface area contributed by atoms with Crippen molar-refractivity contribution in [3.63, 3.8) is 0 Å². The molecule has 2 N–H and O–H groups in total. The summed E-state index contributed by atoms with van der Waals surface area (Å²) in [4.78, 5) is 18.4. The van der Waals surface area contributed by atoms with Crippen LogP contribution in [-0.4, -0.2) is 16.2 Å². The quantitative estimate of drug-likeness (QED) is 0.666. The van der Waals surface area contributed by atoms with Crippen molar-refractivity contribution in [3.05, 3.63) is 56.4 Å². The van der Waals surface area contributed by atoms with Gasteiger partial charge >= 0.3 is 0 Å². The van der Waals surface area contributed by atoms with Crippen molar-refractivity contribution >= 4 is 28.1 Å². The first-order chi connectivity index (χ1) is 9.54. The van der Waals surface area contributed by atoms with Gasteiger partial charge in [0.2, 0.25) is 5.95 Å². The number of anilines is 1. The molecule has 104 valence electrons. The first kappa shape index (κ1) is 14.5. The van der Waals surface area contributed by atoms with Gasteiger partial charge in [0, 0.05) is 10.5 Å². The summed E-state index contributed by atoms with van der Waals surface area (Å²) in [6.45, 7) is 3.96. The number of H-pyrrole nitrogens is 1. The summed E-state index contributed by atoms with van der Waals surface area (Å²) in [6, 6.07) is 9.22. The van der Waals surface area contributed by atoms with Gasteiger partial charge in [0.25, 0.3) is 5.56 Å². The predicted molar refractivity (Wildman–Crippen MR) is 84.3 cm³/mol. The molecule has 0 aliphatic carbocycles. The monoisotopic (exact) mass is 334 g/mol. The van der Waals surface area contributed by atoms with Gasteiger partial charge < -0.3 is 0 Å². The molecule has 0 saturated carbocycles. The summed E-state index contributed by atoms with van der Waals surface area (Å²) in [7, 11) is 0. The number of aromatic amines is 1. The second-order valence-corrected chi connectivity index (χ2v) is 5.51. The highest BCUT2D eigenvalue weighted by molar-refractivity contribution is 9.10. The second kappa shape index (κ2) is 6.47. The second-order valence-electron chi connectivity index (χ2n) is 4.60. The topological polar surface area (TPSA) is 70.1 Å². The molecule has 2 rings (SSSR count). The lowest BCUT2D eigenvalue weighted by atomic mass is 10.1. The van der Waals surface area contributed by atoms with E-state index in [4.69, 9.17) is 0 Å². The Hall–Kier alpha value is -1.95. The zero-order chi connectivity index (χ0) is 14.5. The summed E-state index contributed by atoms with van der Waals surface area (Å²) < 4.78 is 0.981. The van der Waals surface area contributed by atoms with Crippen LogP contribution in [0.15, 0.2) is 44.7 Å². The Bertz CT molecular complexity index is 679. The number of nitrogens with one attached hydrogen (secondary N) is 2. The highest BCUT2D eigenvalue weighted by atomic mass is 79.9. The van der Waals surface area contributed by atoms with Crippen LogP contribution in [0.4, 0.5) is 5.95 Å². The van der Waals surface area contributed by atoms with Crippen LogP contribution in [0.2, 0.25) is 0 Å². The van der Waals surface area contributed by atoms with Gasteiger partial charge in [-0.2, -0.15) is 5.10 Å². The van der Waals surface area contributed by atoms with Crippen LogP contribution in [-0.2, 0) is 0 Å². The number of benzene rings is 1. The molecule has 2 aromatic rings. The summed E-state index contributed by atoms with van der Waals surface area (Å²) in [6.07, 6.45) is 1.66. The number of halogens is 1. The maximum absolute atomic E-state index is 11.5. The fraction of sp³-hybridized carbons (Fsp3) is 0.214. The molecular formula is C14H15BrN4O. The average Bonchev–Trinajstić information content (AvgIpc) is 2.38. The van der Waals surface area contributed by atoms with Crippen LogP contribution >= 0.6 is 15.9 Å². The maximum atomic E-state index is 11.5. The van der Waals surface area contributed by atoms with Gasteiger partial charge in [-0.25, -0.2) is 10.4 Å². The molecule has 0 fully saturated rings. The summed E-state index contributed by atoms with van der Waals surface area (Å²) >= 11 is 3.39. The van der Waals surface area contributed by atoms with Crippen molar-refractivity contribution in [1.82, 2.24) is 9.97 Å². The number of aromatic nitrogens is 2. The molecule has 0 saturated heterocycles. The van der Waals surface area contributed by atoms with Crippen molar-refractivity contribution in [2.24, 2.45) is 5.10 Å². The molecule has 1 heterocycles. The summed E-state index contributed by atoms with van der Waals surface area (Å²) in [5.41, 5.74) is 4.21. The van der Waals surface area contributed by atoms with E-state index in [2.05, 4.69) is 36.4 Å². The third-order valence-corrected chi connectivity index (χ3v) is 3.08. The van der Waals surface area contributed by atoms with E-state index < -0.39 is 0 Å². The number of hydrazone groups is 1. The van der Waals surface area contributed by atoms with E-state index >= 15 is 0 Å². The van der Waals surface area contributed by atoms with Crippen LogP contribution in [0.25, 0.3) is 0 Å². The fourth-order valence-corrected chi connectivity index (χ4v) is 2.00. The lowest BCUT2D eigenvalue weighted by Gasteiger charge is -2.05. The van der Waals surface area contributed by atoms with Crippen LogP contribution in [0, 0.1) is 0 Å². The zero-order valence-electron chi connectivity index (χ0n) is 11.2. The van der Waals surface area contributed by atoms with Crippen LogP contribution < -0.4 is 11.0 Å². The maximum Gasteiger partial charge on any atom is 0.252 e. The molecule has 0 spiro atoms. The Balaban J connectivity index is 2.13. The van der Waals surface area contributed by atoms with E-state index in [0.717, 1.165) is 15.7 Å². The molecule has 1 aromatic heterocycles. The van der Waals surface area contributed by atoms with E-state index in [0.29, 0.717) is 5.95 Å². The summed E-state index contributed by atoms with van der Waals surface area (Å²) in [5, 5.41) is 4.07. The molecule has 1 aromatic carbocycles. The Kier molecular flexibility index (Phi) is 4.68. The van der Waals surface area contributed by atoms with Gasteiger partial charge in [0.15, 0.2) is 0 Å². The van der Waals surface area contributed by atoms with E-state index in [-0.39, 0.29) is 11.5 Å². The van der Waals surface area contributed by atoms with Crippen molar-refractivity contribution in [2.75, 3.05) is 5.43 Å². The normalized spacial score (nSPS) is 11.2. The van der Waals surface area contributed by atoms with E-state index in [1.807, 2.05) is 38.1 Å². The predicted octanol–water partition coefficient (Wildman–Crippen LogP) is 3.10. The molecule has 0 amide bonds. The minimum absolute atomic E-state index is 0.187. The Morgan fingerprint density at radius 2 is 2.20 bits per heavy atom. The molecule has 20 heavy (non-hydrogen) atoms.